The van der Waals surface area contributed by atoms with Crippen molar-refractivity contribution in [2.75, 3.05) is 7.11 Å². The van der Waals surface area contributed by atoms with Gasteiger partial charge < -0.3 is 14.8 Å². The maximum atomic E-state index is 13.0. The smallest absolute Gasteiger partial charge is 0.180 e. The van der Waals surface area contributed by atoms with Gasteiger partial charge >= 0.3 is 0 Å². The number of halogens is 2. The molecule has 0 heterocycles. The minimum Gasteiger partial charge on any atom is -0.493 e. The van der Waals surface area contributed by atoms with Crippen molar-refractivity contribution in [1.29, 1.82) is 0 Å². The second-order valence-electron chi connectivity index (χ2n) is 9.16. The maximum absolute atomic E-state index is 13.0. The number of rotatable bonds is 8. The fraction of sp³-hybridized carbons (Fsp3) is 0.478. The second-order valence-corrected chi connectivity index (χ2v) is 9.57. The maximum Gasteiger partial charge on any atom is 0.180 e. The van der Waals surface area contributed by atoms with Gasteiger partial charge in [-0.25, -0.2) is 4.39 Å². The average molecular weight is 409 g/mol. The fourth-order valence-corrected chi connectivity index (χ4v) is 3.89. The minimum absolute atomic E-state index is 0.121. The normalized spacial score (nSPS) is 12.1. The number of ether oxygens (including phenoxy) is 2. The van der Waals surface area contributed by atoms with Crippen LogP contribution < -0.4 is 14.8 Å². The zero-order valence-corrected chi connectivity index (χ0v) is 18.5. The van der Waals surface area contributed by atoms with Crippen LogP contribution in [0.15, 0.2) is 36.4 Å². The van der Waals surface area contributed by atoms with Crippen molar-refractivity contribution in [2.45, 2.75) is 59.7 Å². The van der Waals surface area contributed by atoms with Crippen molar-refractivity contribution >= 4 is 11.6 Å². The first kappa shape index (κ1) is 22.5. The second kappa shape index (κ2) is 9.15. The van der Waals surface area contributed by atoms with Crippen LogP contribution in [0.2, 0.25) is 5.02 Å². The summed E-state index contributed by atoms with van der Waals surface area (Å²) < 4.78 is 24.4. The van der Waals surface area contributed by atoms with Crippen LogP contribution in [0.5, 0.6) is 11.5 Å². The van der Waals surface area contributed by atoms with Gasteiger partial charge in [-0.1, -0.05) is 44.5 Å². The summed E-state index contributed by atoms with van der Waals surface area (Å²) in [5, 5.41) is 2.85. The largest absolute Gasteiger partial charge is 0.493 e. The molecule has 5 heteroatoms. The number of hydrogen-bond donors (Lipinski definition) is 1. The lowest BCUT2D eigenvalue weighted by Crippen LogP contribution is -2.94. The topological polar surface area (TPSA) is 35.1 Å². The molecule has 0 radical (unpaired) electrons. The summed E-state index contributed by atoms with van der Waals surface area (Å²) in [4.78, 5) is 0. The molecule has 0 bridgehead atoms. The van der Waals surface area contributed by atoms with Crippen LogP contribution in [0, 0.1) is 11.2 Å². The molecule has 0 amide bonds. The monoisotopic (exact) mass is 408 g/mol. The van der Waals surface area contributed by atoms with E-state index in [0.717, 1.165) is 24.1 Å². The summed E-state index contributed by atoms with van der Waals surface area (Å²) in [6.07, 6.45) is 1.10. The van der Waals surface area contributed by atoms with E-state index in [1.165, 1.54) is 12.1 Å². The van der Waals surface area contributed by atoms with Gasteiger partial charge in [0.25, 0.3) is 0 Å². The molecular weight excluding hydrogens is 377 g/mol. The first-order chi connectivity index (χ1) is 13.0. The highest BCUT2D eigenvalue weighted by atomic mass is 35.5. The molecule has 0 saturated carbocycles. The number of hydrogen-bond acceptors (Lipinski definition) is 2. The Kier molecular flexibility index (Phi) is 7.35. The molecule has 2 N–H and O–H groups in total. The molecule has 2 rings (SSSR count). The highest BCUT2D eigenvalue weighted by Crippen LogP contribution is 2.37. The molecule has 2 aromatic rings. The lowest BCUT2D eigenvalue weighted by atomic mass is 9.82. The molecule has 2 aromatic carbocycles. The van der Waals surface area contributed by atoms with Gasteiger partial charge in [-0.05, 0) is 49.1 Å². The van der Waals surface area contributed by atoms with Gasteiger partial charge in [0, 0.05) is 12.0 Å². The fourth-order valence-electron chi connectivity index (χ4n) is 3.60. The van der Waals surface area contributed by atoms with E-state index in [9.17, 15) is 4.39 Å². The zero-order valence-electron chi connectivity index (χ0n) is 17.7. The summed E-state index contributed by atoms with van der Waals surface area (Å²) in [6, 6.07) is 10.1. The third kappa shape index (κ3) is 6.99. The van der Waals surface area contributed by atoms with Gasteiger partial charge in [-0.2, -0.15) is 0 Å². The van der Waals surface area contributed by atoms with Gasteiger partial charge in [-0.3, -0.25) is 0 Å². The van der Waals surface area contributed by atoms with Crippen molar-refractivity contribution in [3.63, 3.8) is 0 Å². The molecule has 154 valence electrons. The van der Waals surface area contributed by atoms with E-state index in [0.29, 0.717) is 23.1 Å². The standard InChI is InChI=1S/C23H31ClFNO2/c1-22(2,3)15-23(4,5)26-13-17-11-19(24)21(20(12-17)27-6)28-14-16-7-9-18(25)10-8-16/h7-12,26H,13-15H2,1-6H3/p+1. The van der Waals surface area contributed by atoms with Crippen molar-refractivity contribution in [3.8, 4) is 11.5 Å². The van der Waals surface area contributed by atoms with E-state index in [4.69, 9.17) is 21.1 Å². The molecule has 0 unspecified atom stereocenters. The number of methoxy groups -OCH3 is 1. The van der Waals surface area contributed by atoms with Gasteiger partial charge in [0.15, 0.2) is 11.5 Å². The molecule has 0 atom stereocenters. The van der Waals surface area contributed by atoms with Gasteiger partial charge in [0.1, 0.15) is 19.0 Å². The van der Waals surface area contributed by atoms with Crippen molar-refractivity contribution < 1.29 is 19.2 Å². The molecule has 0 aliphatic carbocycles. The van der Waals surface area contributed by atoms with E-state index in [-0.39, 0.29) is 16.8 Å². The van der Waals surface area contributed by atoms with Crippen LogP contribution in [-0.4, -0.2) is 12.6 Å². The lowest BCUT2D eigenvalue weighted by molar-refractivity contribution is -0.737. The highest BCUT2D eigenvalue weighted by molar-refractivity contribution is 6.32. The molecule has 28 heavy (non-hydrogen) atoms. The molecule has 0 aliphatic rings. The quantitative estimate of drug-likeness (QED) is 0.639. The number of nitrogens with two attached hydrogens (primary N) is 1. The minimum atomic E-state index is -0.269. The van der Waals surface area contributed by atoms with Crippen LogP contribution in [0.4, 0.5) is 4.39 Å². The molecule has 0 fully saturated rings. The molecule has 0 spiro atoms. The Morgan fingerprint density at radius 1 is 1.00 bits per heavy atom. The van der Waals surface area contributed by atoms with E-state index < -0.39 is 0 Å². The molecule has 0 aromatic heterocycles. The van der Waals surface area contributed by atoms with Crippen molar-refractivity contribution in [1.82, 2.24) is 0 Å². The van der Waals surface area contributed by atoms with E-state index in [1.54, 1.807) is 19.2 Å². The Morgan fingerprint density at radius 2 is 1.64 bits per heavy atom. The summed E-state index contributed by atoms with van der Waals surface area (Å²) in [6.45, 7) is 12.4. The molecule has 0 saturated heterocycles. The summed E-state index contributed by atoms with van der Waals surface area (Å²) in [5.74, 6) is 0.840. The van der Waals surface area contributed by atoms with E-state index in [1.807, 2.05) is 12.1 Å². The van der Waals surface area contributed by atoms with Crippen LogP contribution in [0.3, 0.4) is 0 Å². The molecule has 3 nitrogen and oxygen atoms in total. The lowest BCUT2D eigenvalue weighted by Gasteiger charge is -2.30. The first-order valence-electron chi connectivity index (χ1n) is 9.57. The van der Waals surface area contributed by atoms with Crippen LogP contribution in [-0.2, 0) is 13.2 Å². The Labute approximate surface area is 173 Å². The summed E-state index contributed by atoms with van der Waals surface area (Å²) >= 11 is 6.48. The summed E-state index contributed by atoms with van der Waals surface area (Å²) in [5.41, 5.74) is 2.34. The third-order valence-corrected chi connectivity index (χ3v) is 4.74. The van der Waals surface area contributed by atoms with Crippen LogP contribution >= 0.6 is 11.6 Å². The Hall–Kier alpha value is -1.78. The van der Waals surface area contributed by atoms with Crippen molar-refractivity contribution in [2.24, 2.45) is 5.41 Å². The van der Waals surface area contributed by atoms with Crippen LogP contribution in [0.1, 0.15) is 52.2 Å². The number of benzene rings is 2. The van der Waals surface area contributed by atoms with Gasteiger partial charge in [-0.15, -0.1) is 0 Å². The Bertz CT molecular complexity index is 782. The highest BCUT2D eigenvalue weighted by Gasteiger charge is 2.28. The summed E-state index contributed by atoms with van der Waals surface area (Å²) in [7, 11) is 1.60. The first-order valence-corrected chi connectivity index (χ1v) is 9.95. The Morgan fingerprint density at radius 3 is 2.21 bits per heavy atom. The zero-order chi connectivity index (χ0) is 20.9. The van der Waals surface area contributed by atoms with Gasteiger partial charge in [0.2, 0.25) is 0 Å². The van der Waals surface area contributed by atoms with Gasteiger partial charge in [0.05, 0.1) is 17.7 Å². The van der Waals surface area contributed by atoms with Crippen LogP contribution in [0.25, 0.3) is 0 Å². The van der Waals surface area contributed by atoms with E-state index in [2.05, 4.69) is 39.9 Å². The SMILES string of the molecule is COc1cc(C[NH2+]C(C)(C)CC(C)(C)C)cc(Cl)c1OCc1ccc(F)cc1. The number of quaternary nitrogens is 1. The predicted octanol–water partition coefficient (Wildman–Crippen LogP) is 5.34. The van der Waals surface area contributed by atoms with E-state index >= 15 is 0 Å². The third-order valence-electron chi connectivity index (χ3n) is 4.46. The van der Waals surface area contributed by atoms with Crippen molar-refractivity contribution in [3.05, 3.63) is 58.4 Å². The Balaban J connectivity index is 2.08. The molecular formula is C23H32ClFNO2+. The predicted molar refractivity (Wildman–Crippen MR) is 113 cm³/mol. The molecule has 0 aliphatic heterocycles. The average Bonchev–Trinajstić information content (AvgIpc) is 2.58.